The zero-order chi connectivity index (χ0) is 22.6. The first-order valence-corrected chi connectivity index (χ1v) is 12.2. The SMILES string of the molecule is Cc1cc(C)c(CSCC2COC(CCc3ccc(F)cc3)(Cn3ccnc3)O2)c(C)c1. The second kappa shape index (κ2) is 10.2. The van der Waals surface area contributed by atoms with Crippen molar-refractivity contribution in [3.8, 4) is 0 Å². The Kier molecular flexibility index (Phi) is 7.33. The number of hydrogen-bond donors (Lipinski definition) is 0. The quantitative estimate of drug-likeness (QED) is 0.420. The van der Waals surface area contributed by atoms with E-state index in [1.807, 2.05) is 34.7 Å². The fraction of sp³-hybridized carbons (Fsp3) is 0.423. The summed E-state index contributed by atoms with van der Waals surface area (Å²) in [5.74, 6) is 0.943. The lowest BCUT2D eigenvalue weighted by molar-refractivity contribution is -0.180. The van der Waals surface area contributed by atoms with Gasteiger partial charge in [-0.25, -0.2) is 9.37 Å². The van der Waals surface area contributed by atoms with E-state index in [1.165, 1.54) is 34.4 Å². The molecule has 1 aliphatic rings. The minimum atomic E-state index is -0.698. The van der Waals surface area contributed by atoms with Gasteiger partial charge in [0.15, 0.2) is 5.79 Å². The van der Waals surface area contributed by atoms with E-state index in [0.717, 1.165) is 23.5 Å². The summed E-state index contributed by atoms with van der Waals surface area (Å²) >= 11 is 1.90. The van der Waals surface area contributed by atoms with Crippen LogP contribution in [0.5, 0.6) is 0 Å². The molecule has 2 unspecified atom stereocenters. The van der Waals surface area contributed by atoms with E-state index in [0.29, 0.717) is 19.6 Å². The Morgan fingerprint density at radius 3 is 2.59 bits per heavy atom. The van der Waals surface area contributed by atoms with Crippen LogP contribution in [-0.4, -0.2) is 33.8 Å². The number of nitrogens with zero attached hydrogens (tertiary/aromatic N) is 2. The smallest absolute Gasteiger partial charge is 0.187 e. The zero-order valence-electron chi connectivity index (χ0n) is 19.0. The van der Waals surface area contributed by atoms with Crippen molar-refractivity contribution in [2.24, 2.45) is 0 Å². The monoisotopic (exact) mass is 454 g/mol. The minimum Gasteiger partial charge on any atom is -0.345 e. The van der Waals surface area contributed by atoms with Crippen LogP contribution in [-0.2, 0) is 28.2 Å². The van der Waals surface area contributed by atoms with Gasteiger partial charge in [0.05, 0.1) is 25.6 Å². The lowest BCUT2D eigenvalue weighted by atomic mass is 10.0. The van der Waals surface area contributed by atoms with Gasteiger partial charge in [0.1, 0.15) is 5.82 Å². The number of rotatable bonds is 9. The molecule has 32 heavy (non-hydrogen) atoms. The van der Waals surface area contributed by atoms with Crippen LogP contribution in [0.4, 0.5) is 4.39 Å². The summed E-state index contributed by atoms with van der Waals surface area (Å²) in [6.07, 6.45) is 6.99. The van der Waals surface area contributed by atoms with Gasteiger partial charge < -0.3 is 14.0 Å². The van der Waals surface area contributed by atoms with Crippen LogP contribution in [0.3, 0.4) is 0 Å². The second-order valence-corrected chi connectivity index (χ2v) is 9.75. The molecule has 4 rings (SSSR count). The van der Waals surface area contributed by atoms with Gasteiger partial charge in [-0.05, 0) is 61.6 Å². The van der Waals surface area contributed by atoms with Gasteiger partial charge in [0.25, 0.3) is 0 Å². The first kappa shape index (κ1) is 23.0. The number of aryl methyl sites for hydroxylation is 4. The van der Waals surface area contributed by atoms with Crippen LogP contribution in [0.25, 0.3) is 0 Å². The number of benzene rings is 2. The van der Waals surface area contributed by atoms with Crippen LogP contribution in [0.2, 0.25) is 0 Å². The van der Waals surface area contributed by atoms with Crippen molar-refractivity contribution < 1.29 is 13.9 Å². The number of ether oxygens (including phenoxy) is 2. The molecular weight excluding hydrogens is 423 g/mol. The topological polar surface area (TPSA) is 36.3 Å². The maximum atomic E-state index is 13.3. The third-order valence-corrected chi connectivity index (χ3v) is 7.10. The molecule has 2 aromatic carbocycles. The van der Waals surface area contributed by atoms with Crippen molar-refractivity contribution in [3.05, 3.63) is 88.8 Å². The van der Waals surface area contributed by atoms with E-state index in [1.54, 1.807) is 12.5 Å². The van der Waals surface area contributed by atoms with Gasteiger partial charge in [-0.2, -0.15) is 11.8 Å². The first-order valence-electron chi connectivity index (χ1n) is 11.1. The molecule has 4 nitrogen and oxygen atoms in total. The van der Waals surface area contributed by atoms with Gasteiger partial charge in [-0.15, -0.1) is 0 Å². The van der Waals surface area contributed by atoms with E-state index in [2.05, 4.69) is 37.9 Å². The van der Waals surface area contributed by atoms with Crippen LogP contribution in [0.15, 0.2) is 55.1 Å². The second-order valence-electron chi connectivity index (χ2n) is 8.72. The lowest BCUT2D eigenvalue weighted by Crippen LogP contribution is -2.37. The predicted molar refractivity (Wildman–Crippen MR) is 127 cm³/mol. The molecule has 0 saturated carbocycles. The molecule has 0 N–H and O–H groups in total. The van der Waals surface area contributed by atoms with E-state index in [4.69, 9.17) is 9.47 Å². The number of hydrogen-bond acceptors (Lipinski definition) is 4. The van der Waals surface area contributed by atoms with Crippen molar-refractivity contribution >= 4 is 11.8 Å². The number of halogens is 1. The minimum absolute atomic E-state index is 0.0443. The van der Waals surface area contributed by atoms with E-state index in [9.17, 15) is 4.39 Å². The predicted octanol–water partition coefficient (Wildman–Crippen LogP) is 5.63. The summed E-state index contributed by atoms with van der Waals surface area (Å²) in [5.41, 5.74) is 6.51. The molecule has 3 aromatic rings. The largest absolute Gasteiger partial charge is 0.345 e. The summed E-state index contributed by atoms with van der Waals surface area (Å²) in [6.45, 7) is 7.70. The molecular formula is C26H31FN2O2S. The average molecular weight is 455 g/mol. The zero-order valence-corrected chi connectivity index (χ0v) is 19.8. The molecule has 170 valence electrons. The highest BCUT2D eigenvalue weighted by molar-refractivity contribution is 7.98. The van der Waals surface area contributed by atoms with Crippen molar-refractivity contribution in [1.29, 1.82) is 0 Å². The fourth-order valence-electron chi connectivity index (χ4n) is 4.37. The molecule has 1 aromatic heterocycles. The van der Waals surface area contributed by atoms with E-state index < -0.39 is 5.79 Å². The molecule has 0 radical (unpaired) electrons. The molecule has 1 saturated heterocycles. The molecule has 2 heterocycles. The van der Waals surface area contributed by atoms with Gasteiger partial charge in [-0.3, -0.25) is 0 Å². The summed E-state index contributed by atoms with van der Waals surface area (Å²) in [4.78, 5) is 4.15. The summed E-state index contributed by atoms with van der Waals surface area (Å²) < 4.78 is 28.1. The molecule has 0 amide bonds. The molecule has 0 spiro atoms. The van der Waals surface area contributed by atoms with Crippen molar-refractivity contribution in [2.45, 2.75) is 57.8 Å². The van der Waals surface area contributed by atoms with Crippen molar-refractivity contribution in [1.82, 2.24) is 9.55 Å². The Morgan fingerprint density at radius 2 is 1.91 bits per heavy atom. The Balaban J connectivity index is 1.37. The molecule has 0 bridgehead atoms. The maximum absolute atomic E-state index is 13.3. The molecule has 6 heteroatoms. The maximum Gasteiger partial charge on any atom is 0.187 e. The van der Waals surface area contributed by atoms with Crippen molar-refractivity contribution in [2.75, 3.05) is 12.4 Å². The van der Waals surface area contributed by atoms with Crippen LogP contribution < -0.4 is 0 Å². The van der Waals surface area contributed by atoms with E-state index >= 15 is 0 Å². The van der Waals surface area contributed by atoms with Gasteiger partial charge in [-0.1, -0.05) is 29.8 Å². The van der Waals surface area contributed by atoms with E-state index in [-0.39, 0.29) is 11.9 Å². The molecule has 1 aliphatic heterocycles. The lowest BCUT2D eigenvalue weighted by Gasteiger charge is -2.28. The van der Waals surface area contributed by atoms with Gasteiger partial charge in [0.2, 0.25) is 0 Å². The highest BCUT2D eigenvalue weighted by Gasteiger charge is 2.41. The van der Waals surface area contributed by atoms with Crippen LogP contribution >= 0.6 is 11.8 Å². The Labute approximate surface area is 194 Å². The normalized spacial score (nSPS) is 20.7. The Bertz CT molecular complexity index is 1000. The van der Waals surface area contributed by atoms with Crippen molar-refractivity contribution in [3.63, 3.8) is 0 Å². The molecule has 0 aliphatic carbocycles. The first-order chi connectivity index (χ1) is 15.4. The van der Waals surface area contributed by atoms with Gasteiger partial charge in [0, 0.05) is 30.3 Å². The third kappa shape index (κ3) is 5.80. The number of thioether (sulfide) groups is 1. The summed E-state index contributed by atoms with van der Waals surface area (Å²) in [5, 5.41) is 0. The average Bonchev–Trinajstić information content (AvgIpc) is 3.40. The standard InChI is InChI=1S/C26H31FN2O2S/c1-19-12-20(2)25(21(3)13-19)16-32-15-24-14-30-26(31-24,17-29-11-10-28-18-29)9-8-22-4-6-23(27)7-5-22/h4-7,10-13,18,24H,8-9,14-17H2,1-3H3. The molecule has 2 atom stereocenters. The number of imidazole rings is 1. The number of aromatic nitrogens is 2. The highest BCUT2D eigenvalue weighted by Crippen LogP contribution is 2.33. The summed E-state index contributed by atoms with van der Waals surface area (Å²) in [6, 6.07) is 11.2. The highest BCUT2D eigenvalue weighted by atomic mass is 32.2. The Morgan fingerprint density at radius 1 is 1.16 bits per heavy atom. The Hall–Kier alpha value is -2.15. The fourth-order valence-corrected chi connectivity index (χ4v) is 5.57. The summed E-state index contributed by atoms with van der Waals surface area (Å²) in [7, 11) is 0. The van der Waals surface area contributed by atoms with Gasteiger partial charge >= 0.3 is 0 Å². The third-order valence-electron chi connectivity index (χ3n) is 5.99. The van der Waals surface area contributed by atoms with Crippen LogP contribution in [0, 0.1) is 26.6 Å². The van der Waals surface area contributed by atoms with Crippen LogP contribution in [0.1, 0.15) is 34.2 Å². The molecule has 1 fully saturated rings.